The Balaban J connectivity index is 1.73. The first-order valence-corrected chi connectivity index (χ1v) is 7.55. The Morgan fingerprint density at radius 2 is 2.13 bits per heavy atom. The number of halogens is 1. The molecule has 0 aliphatic rings. The van der Waals surface area contributed by atoms with Crippen molar-refractivity contribution in [2.45, 2.75) is 19.9 Å². The van der Waals surface area contributed by atoms with Crippen LogP contribution in [-0.4, -0.2) is 21.1 Å². The number of aromatic amines is 1. The van der Waals surface area contributed by atoms with Crippen LogP contribution in [0.3, 0.4) is 0 Å². The van der Waals surface area contributed by atoms with Crippen molar-refractivity contribution in [3.8, 4) is 11.3 Å². The lowest BCUT2D eigenvalue weighted by molar-refractivity contribution is 0.0944. The SMILES string of the molecule is CCc1ocnc1C(=O)NCc1cn[nH]c1-c1ccc(Cl)cc1. The lowest BCUT2D eigenvalue weighted by Gasteiger charge is -2.05. The van der Waals surface area contributed by atoms with Crippen molar-refractivity contribution in [3.05, 3.63) is 58.9 Å². The Bertz CT molecular complexity index is 808. The molecule has 0 radical (unpaired) electrons. The molecule has 7 heteroatoms. The van der Waals surface area contributed by atoms with Crippen molar-refractivity contribution in [1.29, 1.82) is 0 Å². The fourth-order valence-electron chi connectivity index (χ4n) is 2.28. The molecule has 0 spiro atoms. The van der Waals surface area contributed by atoms with Gasteiger partial charge in [-0.25, -0.2) is 4.98 Å². The maximum Gasteiger partial charge on any atom is 0.273 e. The van der Waals surface area contributed by atoms with E-state index < -0.39 is 0 Å². The number of carbonyl (C=O) groups is 1. The summed E-state index contributed by atoms with van der Waals surface area (Å²) in [5, 5.41) is 10.5. The second kappa shape index (κ2) is 6.66. The summed E-state index contributed by atoms with van der Waals surface area (Å²) in [7, 11) is 0. The van der Waals surface area contributed by atoms with Crippen LogP contribution in [0.25, 0.3) is 11.3 Å². The molecule has 0 aliphatic heterocycles. The number of aromatic nitrogens is 3. The smallest absolute Gasteiger partial charge is 0.273 e. The third-order valence-corrected chi connectivity index (χ3v) is 3.72. The Morgan fingerprint density at radius 3 is 2.87 bits per heavy atom. The summed E-state index contributed by atoms with van der Waals surface area (Å²) in [4.78, 5) is 16.2. The van der Waals surface area contributed by atoms with E-state index in [9.17, 15) is 4.79 Å². The molecule has 3 rings (SSSR count). The molecular weight excluding hydrogens is 316 g/mol. The molecule has 0 unspecified atom stereocenters. The van der Waals surface area contributed by atoms with E-state index in [2.05, 4.69) is 20.5 Å². The van der Waals surface area contributed by atoms with Crippen LogP contribution >= 0.6 is 11.6 Å². The van der Waals surface area contributed by atoms with Gasteiger partial charge in [0, 0.05) is 23.6 Å². The molecule has 6 nitrogen and oxygen atoms in total. The molecule has 0 saturated heterocycles. The van der Waals surface area contributed by atoms with Crippen molar-refractivity contribution in [2.24, 2.45) is 0 Å². The number of benzene rings is 1. The minimum absolute atomic E-state index is 0.265. The predicted octanol–water partition coefficient (Wildman–Crippen LogP) is 3.21. The fraction of sp³-hybridized carbons (Fsp3) is 0.188. The van der Waals surface area contributed by atoms with Crippen molar-refractivity contribution in [1.82, 2.24) is 20.5 Å². The summed E-state index contributed by atoms with van der Waals surface area (Å²) in [5.74, 6) is 0.312. The zero-order valence-electron chi connectivity index (χ0n) is 12.5. The molecular formula is C16H15ClN4O2. The maximum atomic E-state index is 12.2. The lowest BCUT2D eigenvalue weighted by Crippen LogP contribution is -2.24. The van der Waals surface area contributed by atoms with E-state index in [4.69, 9.17) is 16.0 Å². The van der Waals surface area contributed by atoms with Crippen molar-refractivity contribution < 1.29 is 9.21 Å². The summed E-state index contributed by atoms with van der Waals surface area (Å²) >= 11 is 5.90. The first kappa shape index (κ1) is 15.3. The van der Waals surface area contributed by atoms with Gasteiger partial charge in [0.15, 0.2) is 12.1 Å². The molecule has 0 bridgehead atoms. The van der Waals surface area contributed by atoms with Crippen LogP contribution in [0.5, 0.6) is 0 Å². The highest BCUT2D eigenvalue weighted by atomic mass is 35.5. The number of aryl methyl sites for hydroxylation is 1. The van der Waals surface area contributed by atoms with Gasteiger partial charge in [-0.1, -0.05) is 30.7 Å². The van der Waals surface area contributed by atoms with E-state index in [1.165, 1.54) is 6.39 Å². The number of hydrogen-bond acceptors (Lipinski definition) is 4. The average molecular weight is 331 g/mol. The molecule has 2 N–H and O–H groups in total. The molecule has 2 heterocycles. The molecule has 2 aromatic heterocycles. The first-order chi connectivity index (χ1) is 11.2. The van der Waals surface area contributed by atoms with E-state index in [1.54, 1.807) is 6.20 Å². The third-order valence-electron chi connectivity index (χ3n) is 3.47. The van der Waals surface area contributed by atoms with Gasteiger partial charge in [-0.05, 0) is 17.7 Å². The van der Waals surface area contributed by atoms with Gasteiger partial charge < -0.3 is 9.73 Å². The minimum atomic E-state index is -0.265. The first-order valence-electron chi connectivity index (χ1n) is 7.17. The van der Waals surface area contributed by atoms with E-state index in [0.29, 0.717) is 29.4 Å². The number of oxazole rings is 1. The van der Waals surface area contributed by atoms with Gasteiger partial charge in [0.05, 0.1) is 11.9 Å². The Morgan fingerprint density at radius 1 is 1.35 bits per heavy atom. The van der Waals surface area contributed by atoms with Gasteiger partial charge in [-0.2, -0.15) is 5.10 Å². The van der Waals surface area contributed by atoms with Crippen LogP contribution in [0.4, 0.5) is 0 Å². The topological polar surface area (TPSA) is 83.8 Å². The lowest BCUT2D eigenvalue weighted by atomic mass is 10.1. The number of nitrogens with one attached hydrogen (secondary N) is 2. The highest BCUT2D eigenvalue weighted by Crippen LogP contribution is 2.23. The number of rotatable bonds is 5. The summed E-state index contributed by atoms with van der Waals surface area (Å²) in [5.41, 5.74) is 3.00. The molecule has 0 aliphatic carbocycles. The zero-order chi connectivity index (χ0) is 16.2. The highest BCUT2D eigenvalue weighted by Gasteiger charge is 2.16. The van der Waals surface area contributed by atoms with Crippen molar-refractivity contribution >= 4 is 17.5 Å². The monoisotopic (exact) mass is 330 g/mol. The predicted molar refractivity (Wildman–Crippen MR) is 86.1 cm³/mol. The quantitative estimate of drug-likeness (QED) is 0.752. The molecule has 0 atom stereocenters. The standard InChI is InChI=1S/C16H15ClN4O2/c1-2-13-15(19-9-23-13)16(22)18-7-11-8-20-21-14(11)10-3-5-12(17)6-4-10/h3-6,8-9H,2,7H2,1H3,(H,18,22)(H,20,21). The van der Waals surface area contributed by atoms with Gasteiger partial charge in [-0.15, -0.1) is 0 Å². The van der Waals surface area contributed by atoms with Crippen molar-refractivity contribution in [3.63, 3.8) is 0 Å². The van der Waals surface area contributed by atoms with E-state index in [0.717, 1.165) is 16.8 Å². The second-order valence-corrected chi connectivity index (χ2v) is 5.37. The largest absolute Gasteiger partial charge is 0.448 e. The molecule has 23 heavy (non-hydrogen) atoms. The van der Waals surface area contributed by atoms with Crippen LogP contribution in [0.1, 0.15) is 28.7 Å². The molecule has 3 aromatic rings. The van der Waals surface area contributed by atoms with Gasteiger partial charge in [0.1, 0.15) is 5.76 Å². The minimum Gasteiger partial charge on any atom is -0.448 e. The molecule has 1 amide bonds. The maximum absolute atomic E-state index is 12.2. The van der Waals surface area contributed by atoms with E-state index in [1.807, 2.05) is 31.2 Å². The number of H-pyrrole nitrogens is 1. The van der Waals surface area contributed by atoms with E-state index >= 15 is 0 Å². The van der Waals surface area contributed by atoms with E-state index in [-0.39, 0.29) is 5.91 Å². The molecule has 1 aromatic carbocycles. The summed E-state index contributed by atoms with van der Waals surface area (Å²) < 4.78 is 5.17. The van der Waals surface area contributed by atoms with Crippen LogP contribution < -0.4 is 5.32 Å². The van der Waals surface area contributed by atoms with Crippen LogP contribution in [0, 0.1) is 0 Å². The van der Waals surface area contributed by atoms with Gasteiger partial charge in [0.2, 0.25) is 0 Å². The van der Waals surface area contributed by atoms with Gasteiger partial charge in [0.25, 0.3) is 5.91 Å². The highest BCUT2D eigenvalue weighted by molar-refractivity contribution is 6.30. The normalized spacial score (nSPS) is 10.7. The Kier molecular flexibility index (Phi) is 4.43. The average Bonchev–Trinajstić information content (AvgIpc) is 3.22. The second-order valence-electron chi connectivity index (χ2n) is 4.94. The molecule has 0 fully saturated rings. The summed E-state index contributed by atoms with van der Waals surface area (Å²) in [6.45, 7) is 2.25. The number of carbonyl (C=O) groups excluding carboxylic acids is 1. The number of nitrogens with zero attached hydrogens (tertiary/aromatic N) is 2. The third kappa shape index (κ3) is 3.27. The molecule has 118 valence electrons. The summed E-state index contributed by atoms with van der Waals surface area (Å²) in [6.07, 6.45) is 3.59. The zero-order valence-corrected chi connectivity index (χ0v) is 13.2. The fourth-order valence-corrected chi connectivity index (χ4v) is 2.40. The number of hydrogen-bond donors (Lipinski definition) is 2. The molecule has 0 saturated carbocycles. The van der Waals surface area contributed by atoms with Gasteiger partial charge >= 0.3 is 0 Å². The number of amides is 1. The Labute approximate surface area is 137 Å². The van der Waals surface area contributed by atoms with Crippen LogP contribution in [0.2, 0.25) is 5.02 Å². The summed E-state index contributed by atoms with van der Waals surface area (Å²) in [6, 6.07) is 7.41. The van der Waals surface area contributed by atoms with Crippen LogP contribution in [0.15, 0.2) is 41.3 Å². The Hall–Kier alpha value is -2.60. The van der Waals surface area contributed by atoms with Crippen molar-refractivity contribution in [2.75, 3.05) is 0 Å². The van der Waals surface area contributed by atoms with Crippen LogP contribution in [-0.2, 0) is 13.0 Å². The van der Waals surface area contributed by atoms with Gasteiger partial charge in [-0.3, -0.25) is 9.89 Å².